The predicted molar refractivity (Wildman–Crippen MR) is 104 cm³/mol. The Kier molecular flexibility index (Phi) is 5.61. The van der Waals surface area contributed by atoms with Crippen LogP contribution in [0.25, 0.3) is 0 Å². The minimum absolute atomic E-state index is 0.108. The molecule has 0 atom stereocenters. The maximum absolute atomic E-state index is 12.3. The lowest BCUT2D eigenvalue weighted by Crippen LogP contribution is -2.22. The van der Waals surface area contributed by atoms with E-state index in [-0.39, 0.29) is 12.5 Å². The second-order valence-corrected chi connectivity index (χ2v) is 7.82. The quantitative estimate of drug-likeness (QED) is 0.784. The number of carbonyl (C=O) groups is 2. The van der Waals surface area contributed by atoms with E-state index >= 15 is 0 Å². The number of nitrogens with two attached hydrogens (primary N) is 1. The number of benzene rings is 1. The van der Waals surface area contributed by atoms with Crippen molar-refractivity contribution in [3.63, 3.8) is 0 Å². The van der Waals surface area contributed by atoms with Crippen LogP contribution in [0.5, 0.6) is 5.75 Å². The van der Waals surface area contributed by atoms with E-state index in [0.29, 0.717) is 16.3 Å². The van der Waals surface area contributed by atoms with Gasteiger partial charge in [-0.3, -0.25) is 9.59 Å². The molecule has 1 aliphatic carbocycles. The molecule has 0 bridgehead atoms. The lowest BCUT2D eigenvalue weighted by Gasteiger charge is -2.09. The summed E-state index contributed by atoms with van der Waals surface area (Å²) in [5, 5.41) is 3.37. The molecule has 2 amide bonds. The zero-order chi connectivity index (χ0) is 18.7. The van der Waals surface area contributed by atoms with Gasteiger partial charge in [-0.15, -0.1) is 11.3 Å². The van der Waals surface area contributed by atoms with Gasteiger partial charge in [0.15, 0.2) is 6.61 Å². The minimum Gasteiger partial charge on any atom is -0.484 e. The number of nitrogens with one attached hydrogen (secondary N) is 1. The van der Waals surface area contributed by atoms with Crippen LogP contribution >= 0.6 is 11.3 Å². The van der Waals surface area contributed by atoms with Crippen molar-refractivity contribution in [2.24, 2.45) is 5.73 Å². The molecule has 0 spiro atoms. The second kappa shape index (κ2) is 7.91. The van der Waals surface area contributed by atoms with Gasteiger partial charge in [0, 0.05) is 4.88 Å². The highest BCUT2D eigenvalue weighted by Crippen LogP contribution is 2.37. The number of hydrogen-bond acceptors (Lipinski definition) is 4. The largest absolute Gasteiger partial charge is 0.484 e. The normalized spacial score (nSPS) is 13.6. The first-order chi connectivity index (χ1) is 12.5. The zero-order valence-corrected chi connectivity index (χ0v) is 16.0. The molecule has 0 saturated heterocycles. The van der Waals surface area contributed by atoms with Gasteiger partial charge in [-0.1, -0.05) is 12.5 Å². The first-order valence-corrected chi connectivity index (χ1v) is 9.71. The van der Waals surface area contributed by atoms with E-state index in [1.165, 1.54) is 21.8 Å². The molecule has 0 fully saturated rings. The number of rotatable bonds is 5. The summed E-state index contributed by atoms with van der Waals surface area (Å²) in [6.45, 7) is 3.92. The third kappa shape index (κ3) is 4.07. The number of ether oxygens (including phenoxy) is 1. The number of thiophene rings is 1. The molecule has 1 aliphatic rings. The van der Waals surface area contributed by atoms with Crippen LogP contribution in [-0.2, 0) is 17.6 Å². The molecule has 1 aromatic heterocycles. The van der Waals surface area contributed by atoms with Gasteiger partial charge in [0.25, 0.3) is 11.8 Å². The molecule has 0 radical (unpaired) electrons. The highest BCUT2D eigenvalue weighted by molar-refractivity contribution is 7.17. The van der Waals surface area contributed by atoms with Gasteiger partial charge in [0.2, 0.25) is 0 Å². The van der Waals surface area contributed by atoms with Crippen molar-refractivity contribution < 1.29 is 14.3 Å². The number of carbonyl (C=O) groups excluding carboxylic acids is 2. The van der Waals surface area contributed by atoms with E-state index in [2.05, 4.69) is 5.32 Å². The first-order valence-electron chi connectivity index (χ1n) is 8.90. The van der Waals surface area contributed by atoms with E-state index in [4.69, 9.17) is 10.5 Å². The zero-order valence-electron chi connectivity index (χ0n) is 15.2. The van der Waals surface area contributed by atoms with Gasteiger partial charge in [-0.05, 0) is 68.4 Å². The van der Waals surface area contributed by atoms with Gasteiger partial charge in [0.1, 0.15) is 10.8 Å². The Hall–Kier alpha value is -2.34. The van der Waals surface area contributed by atoms with Crippen molar-refractivity contribution >= 4 is 28.2 Å². The lowest BCUT2D eigenvalue weighted by atomic mass is 10.1. The third-order valence-corrected chi connectivity index (χ3v) is 5.98. The summed E-state index contributed by atoms with van der Waals surface area (Å²) in [6.07, 6.45) is 5.10. The summed E-state index contributed by atoms with van der Waals surface area (Å²) in [5.41, 5.74) is 9.37. The second-order valence-electron chi connectivity index (χ2n) is 6.72. The number of anilines is 1. The topological polar surface area (TPSA) is 81.4 Å². The minimum atomic E-state index is -0.477. The van der Waals surface area contributed by atoms with Crippen LogP contribution in [0.3, 0.4) is 0 Å². The molecule has 6 heteroatoms. The number of aryl methyl sites for hydroxylation is 3. The predicted octanol–water partition coefficient (Wildman–Crippen LogP) is 3.75. The number of primary amides is 1. The maximum atomic E-state index is 12.3. The van der Waals surface area contributed by atoms with Crippen LogP contribution in [0.15, 0.2) is 18.2 Å². The number of amides is 2. The van der Waals surface area contributed by atoms with Crippen molar-refractivity contribution in [3.8, 4) is 5.75 Å². The smallest absolute Gasteiger partial charge is 0.262 e. The van der Waals surface area contributed by atoms with Crippen LogP contribution in [-0.4, -0.2) is 18.4 Å². The Labute approximate surface area is 157 Å². The van der Waals surface area contributed by atoms with Crippen LogP contribution in [0.4, 0.5) is 5.00 Å². The van der Waals surface area contributed by atoms with Crippen LogP contribution in [0, 0.1) is 13.8 Å². The molecule has 1 aromatic carbocycles. The van der Waals surface area contributed by atoms with Crippen molar-refractivity contribution in [1.29, 1.82) is 0 Å². The SMILES string of the molecule is Cc1ccc(OCC(=O)Nc2sc3c(c2C(N)=O)CCCCC3)cc1C. The third-order valence-electron chi connectivity index (χ3n) is 4.77. The van der Waals surface area contributed by atoms with Gasteiger partial charge < -0.3 is 15.8 Å². The molecule has 0 aliphatic heterocycles. The molecule has 1 heterocycles. The molecular weight excluding hydrogens is 348 g/mol. The maximum Gasteiger partial charge on any atom is 0.262 e. The highest BCUT2D eigenvalue weighted by atomic mass is 32.1. The Balaban J connectivity index is 1.70. The molecule has 0 saturated carbocycles. The molecule has 26 heavy (non-hydrogen) atoms. The Morgan fingerprint density at radius 2 is 1.92 bits per heavy atom. The average molecular weight is 372 g/mol. The van der Waals surface area contributed by atoms with E-state index in [9.17, 15) is 9.59 Å². The molecule has 3 rings (SSSR count). The van der Waals surface area contributed by atoms with Crippen molar-refractivity contribution in [2.75, 3.05) is 11.9 Å². The fourth-order valence-corrected chi connectivity index (χ4v) is 4.52. The molecule has 138 valence electrons. The summed E-state index contributed by atoms with van der Waals surface area (Å²) in [5.74, 6) is -0.114. The Bertz CT molecular complexity index is 842. The Morgan fingerprint density at radius 1 is 1.15 bits per heavy atom. The molecule has 5 nitrogen and oxygen atoms in total. The summed E-state index contributed by atoms with van der Waals surface area (Å²) in [4.78, 5) is 25.4. The monoisotopic (exact) mass is 372 g/mol. The summed E-state index contributed by atoms with van der Waals surface area (Å²) < 4.78 is 5.57. The van der Waals surface area contributed by atoms with Gasteiger partial charge >= 0.3 is 0 Å². The van der Waals surface area contributed by atoms with Crippen LogP contribution in [0.1, 0.15) is 51.2 Å². The molecule has 0 unspecified atom stereocenters. The van der Waals surface area contributed by atoms with E-state index in [1.54, 1.807) is 0 Å². The first kappa shape index (κ1) is 18.5. The molecular formula is C20H24N2O3S. The molecule has 3 N–H and O–H groups in total. The van der Waals surface area contributed by atoms with Crippen molar-refractivity contribution in [3.05, 3.63) is 45.3 Å². The van der Waals surface area contributed by atoms with Gasteiger partial charge in [-0.2, -0.15) is 0 Å². The lowest BCUT2D eigenvalue weighted by molar-refractivity contribution is -0.118. The summed E-state index contributed by atoms with van der Waals surface area (Å²) in [7, 11) is 0. The average Bonchev–Trinajstić information content (AvgIpc) is 2.77. The van der Waals surface area contributed by atoms with Crippen molar-refractivity contribution in [2.45, 2.75) is 46.0 Å². The standard InChI is InChI=1S/C20H24N2O3S/c1-12-8-9-14(10-13(12)2)25-11-17(23)22-20-18(19(21)24)15-6-4-3-5-7-16(15)26-20/h8-10H,3-7,11H2,1-2H3,(H2,21,24)(H,22,23). The van der Waals surface area contributed by atoms with Crippen LogP contribution < -0.4 is 15.8 Å². The van der Waals surface area contributed by atoms with E-state index in [1.807, 2.05) is 32.0 Å². The number of hydrogen-bond donors (Lipinski definition) is 2. The fourth-order valence-electron chi connectivity index (χ4n) is 3.21. The van der Waals surface area contributed by atoms with Gasteiger partial charge in [-0.25, -0.2) is 0 Å². The summed E-state index contributed by atoms with van der Waals surface area (Å²) in [6, 6.07) is 5.71. The summed E-state index contributed by atoms with van der Waals surface area (Å²) >= 11 is 1.47. The Morgan fingerprint density at radius 3 is 2.65 bits per heavy atom. The van der Waals surface area contributed by atoms with Crippen molar-refractivity contribution in [1.82, 2.24) is 0 Å². The number of fused-ring (bicyclic) bond motifs is 1. The van der Waals surface area contributed by atoms with Gasteiger partial charge in [0.05, 0.1) is 5.56 Å². The molecule has 2 aromatic rings. The highest BCUT2D eigenvalue weighted by Gasteiger charge is 2.24. The van der Waals surface area contributed by atoms with Crippen LogP contribution in [0.2, 0.25) is 0 Å². The van der Waals surface area contributed by atoms with E-state index in [0.717, 1.165) is 43.2 Å². The fraction of sp³-hybridized carbons (Fsp3) is 0.400. The van der Waals surface area contributed by atoms with E-state index < -0.39 is 5.91 Å².